The number of amides is 1. The largest absolute Gasteiger partial charge is 0.495 e. The molecule has 8 heteroatoms. The molecular weight excluding hydrogens is 431 g/mol. The monoisotopic (exact) mass is 454 g/mol. The van der Waals surface area contributed by atoms with Gasteiger partial charge < -0.3 is 10.1 Å². The Labute approximate surface area is 186 Å². The van der Waals surface area contributed by atoms with E-state index in [-0.39, 0.29) is 10.5 Å². The molecule has 3 aromatic rings. The number of halogens is 1. The van der Waals surface area contributed by atoms with Gasteiger partial charge in [-0.25, -0.2) is 12.8 Å². The van der Waals surface area contributed by atoms with Gasteiger partial charge in [-0.1, -0.05) is 24.3 Å². The summed E-state index contributed by atoms with van der Waals surface area (Å²) in [5.41, 5.74) is 2.43. The molecule has 0 radical (unpaired) electrons. The van der Waals surface area contributed by atoms with Gasteiger partial charge in [0, 0.05) is 6.54 Å². The topological polar surface area (TPSA) is 75.7 Å². The first kappa shape index (κ1) is 21.8. The van der Waals surface area contributed by atoms with Crippen LogP contribution in [0.2, 0.25) is 0 Å². The maximum atomic E-state index is 14.6. The van der Waals surface area contributed by atoms with Gasteiger partial charge in [0.1, 0.15) is 11.6 Å². The summed E-state index contributed by atoms with van der Waals surface area (Å²) < 4.78 is 47.9. The summed E-state index contributed by atoms with van der Waals surface area (Å²) in [6.45, 7) is 2.16. The molecule has 166 valence electrons. The van der Waals surface area contributed by atoms with Gasteiger partial charge >= 0.3 is 0 Å². The molecule has 32 heavy (non-hydrogen) atoms. The average Bonchev–Trinajstić information content (AvgIpc) is 2.79. The highest BCUT2D eigenvalue weighted by molar-refractivity contribution is 7.92. The fourth-order valence-electron chi connectivity index (χ4n) is 3.82. The van der Waals surface area contributed by atoms with E-state index in [2.05, 4.69) is 5.32 Å². The maximum absolute atomic E-state index is 14.6. The summed E-state index contributed by atoms with van der Waals surface area (Å²) in [5.74, 6) is -1.16. The minimum atomic E-state index is -3.98. The van der Waals surface area contributed by atoms with Crippen LogP contribution in [0.3, 0.4) is 0 Å². The molecule has 1 amide bonds. The van der Waals surface area contributed by atoms with Crippen molar-refractivity contribution in [1.82, 2.24) is 0 Å². The Morgan fingerprint density at radius 2 is 1.88 bits per heavy atom. The molecule has 0 unspecified atom stereocenters. The van der Waals surface area contributed by atoms with Crippen LogP contribution in [0.5, 0.6) is 5.75 Å². The first-order chi connectivity index (χ1) is 15.3. The zero-order valence-electron chi connectivity index (χ0n) is 17.8. The van der Waals surface area contributed by atoms with E-state index in [1.165, 1.54) is 17.5 Å². The second-order valence-electron chi connectivity index (χ2n) is 7.61. The van der Waals surface area contributed by atoms with Gasteiger partial charge in [-0.2, -0.15) is 0 Å². The van der Waals surface area contributed by atoms with E-state index < -0.39 is 21.7 Å². The van der Waals surface area contributed by atoms with E-state index >= 15 is 0 Å². The van der Waals surface area contributed by atoms with E-state index in [4.69, 9.17) is 4.74 Å². The quantitative estimate of drug-likeness (QED) is 0.614. The summed E-state index contributed by atoms with van der Waals surface area (Å²) in [7, 11) is -2.52. The Morgan fingerprint density at radius 3 is 2.66 bits per heavy atom. The Balaban J connectivity index is 1.69. The third-order valence-corrected chi connectivity index (χ3v) is 7.25. The molecule has 0 saturated carbocycles. The summed E-state index contributed by atoms with van der Waals surface area (Å²) >= 11 is 0. The number of hydrogen-bond acceptors (Lipinski definition) is 4. The lowest BCUT2D eigenvalue weighted by molar-refractivity contribution is 0.102. The van der Waals surface area contributed by atoms with E-state index in [9.17, 15) is 17.6 Å². The highest BCUT2D eigenvalue weighted by atomic mass is 32.2. The van der Waals surface area contributed by atoms with E-state index in [1.54, 1.807) is 24.3 Å². The minimum Gasteiger partial charge on any atom is -0.495 e. The van der Waals surface area contributed by atoms with Crippen LogP contribution in [-0.4, -0.2) is 28.0 Å². The molecule has 1 heterocycles. The molecule has 0 fully saturated rings. The number of methoxy groups -OCH3 is 1. The fourth-order valence-corrected chi connectivity index (χ4v) is 5.39. The average molecular weight is 455 g/mol. The predicted molar refractivity (Wildman–Crippen MR) is 121 cm³/mol. The Bertz CT molecular complexity index is 1290. The molecule has 0 aliphatic carbocycles. The van der Waals surface area contributed by atoms with Crippen molar-refractivity contribution in [2.75, 3.05) is 23.3 Å². The molecule has 0 atom stereocenters. The first-order valence-corrected chi connectivity index (χ1v) is 11.6. The van der Waals surface area contributed by atoms with Crippen molar-refractivity contribution in [1.29, 1.82) is 0 Å². The van der Waals surface area contributed by atoms with Gasteiger partial charge in [0.15, 0.2) is 0 Å². The van der Waals surface area contributed by atoms with Crippen LogP contribution in [0, 0.1) is 12.7 Å². The van der Waals surface area contributed by atoms with Crippen LogP contribution < -0.4 is 14.4 Å². The number of nitrogens with one attached hydrogen (secondary N) is 1. The van der Waals surface area contributed by atoms with E-state index in [1.807, 2.05) is 25.1 Å². The predicted octanol–water partition coefficient (Wildman–Crippen LogP) is 4.54. The maximum Gasteiger partial charge on any atom is 0.264 e. The zero-order chi connectivity index (χ0) is 22.9. The molecular formula is C24H23FN2O4S. The summed E-state index contributed by atoms with van der Waals surface area (Å²) in [6, 6.07) is 15.8. The molecule has 0 spiro atoms. The molecule has 0 saturated heterocycles. The molecule has 0 aromatic heterocycles. The number of sulfonamides is 1. The first-order valence-electron chi connectivity index (χ1n) is 10.2. The lowest BCUT2D eigenvalue weighted by Gasteiger charge is -2.30. The zero-order valence-corrected chi connectivity index (χ0v) is 18.6. The smallest absolute Gasteiger partial charge is 0.264 e. The SMILES string of the molecule is COc1ccc(C)cc1NC(=O)c1cc(S(=O)(=O)N2CCCc3ccccc32)ccc1F. The highest BCUT2D eigenvalue weighted by Crippen LogP contribution is 2.32. The summed E-state index contributed by atoms with van der Waals surface area (Å²) in [4.78, 5) is 12.7. The third-order valence-electron chi connectivity index (χ3n) is 5.44. The Kier molecular flexibility index (Phi) is 5.88. The molecule has 1 aliphatic rings. The van der Waals surface area contributed by atoms with Crippen molar-refractivity contribution in [2.45, 2.75) is 24.7 Å². The van der Waals surface area contributed by atoms with Crippen LogP contribution in [0.25, 0.3) is 0 Å². The van der Waals surface area contributed by atoms with E-state index in [0.717, 1.165) is 29.7 Å². The second-order valence-corrected chi connectivity index (χ2v) is 9.47. The van der Waals surface area contributed by atoms with Gasteiger partial charge in [0.05, 0.1) is 28.9 Å². The standard InChI is InChI=1S/C24H23FN2O4S/c1-16-9-12-23(31-2)21(14-16)26-24(28)19-15-18(10-11-20(19)25)32(29,30)27-13-5-7-17-6-3-4-8-22(17)27/h3-4,6,8-12,14-15H,5,7,13H2,1-2H3,(H,26,28). The number of para-hydroxylation sites is 1. The van der Waals surface area contributed by atoms with Crippen LogP contribution in [-0.2, 0) is 16.4 Å². The second kappa shape index (κ2) is 8.63. The van der Waals surface area contributed by atoms with Gasteiger partial charge in [0.25, 0.3) is 15.9 Å². The van der Waals surface area contributed by atoms with Crippen molar-refractivity contribution >= 4 is 27.3 Å². The number of rotatable bonds is 5. The van der Waals surface area contributed by atoms with Crippen LogP contribution >= 0.6 is 0 Å². The highest BCUT2D eigenvalue weighted by Gasteiger charge is 2.30. The molecule has 1 aliphatic heterocycles. The van der Waals surface area contributed by atoms with E-state index in [0.29, 0.717) is 30.1 Å². The summed E-state index contributed by atoms with van der Waals surface area (Å²) in [6.07, 6.45) is 1.47. The van der Waals surface area contributed by atoms with Crippen LogP contribution in [0.1, 0.15) is 27.9 Å². The van der Waals surface area contributed by atoms with Crippen molar-refractivity contribution in [3.8, 4) is 5.75 Å². The molecule has 6 nitrogen and oxygen atoms in total. The lowest BCUT2D eigenvalue weighted by Crippen LogP contribution is -2.35. The summed E-state index contributed by atoms with van der Waals surface area (Å²) in [5, 5.41) is 2.62. The number of hydrogen-bond donors (Lipinski definition) is 1. The van der Waals surface area contributed by atoms with Crippen molar-refractivity contribution in [2.24, 2.45) is 0 Å². The lowest BCUT2D eigenvalue weighted by atomic mass is 10.0. The number of aryl methyl sites for hydroxylation is 2. The van der Waals surface area contributed by atoms with Crippen molar-refractivity contribution in [3.63, 3.8) is 0 Å². The number of benzene rings is 3. The van der Waals surface area contributed by atoms with Crippen molar-refractivity contribution in [3.05, 3.63) is 83.2 Å². The molecule has 0 bridgehead atoms. The molecule has 3 aromatic carbocycles. The minimum absolute atomic E-state index is 0.142. The number of anilines is 2. The molecule has 4 rings (SSSR count). The number of ether oxygens (including phenoxy) is 1. The van der Waals surface area contributed by atoms with Crippen LogP contribution in [0.15, 0.2) is 65.6 Å². The fraction of sp³-hybridized carbons (Fsp3) is 0.208. The molecule has 1 N–H and O–H groups in total. The Hall–Kier alpha value is -3.39. The Morgan fingerprint density at radius 1 is 1.09 bits per heavy atom. The number of carbonyl (C=O) groups is 1. The number of fused-ring (bicyclic) bond motifs is 1. The number of nitrogens with zero attached hydrogens (tertiary/aromatic N) is 1. The van der Waals surface area contributed by atoms with Crippen LogP contribution in [0.4, 0.5) is 15.8 Å². The van der Waals surface area contributed by atoms with Gasteiger partial charge in [0.2, 0.25) is 0 Å². The van der Waals surface area contributed by atoms with Gasteiger partial charge in [-0.05, 0) is 67.3 Å². The third kappa shape index (κ3) is 4.05. The normalized spacial score (nSPS) is 13.4. The van der Waals surface area contributed by atoms with Gasteiger partial charge in [-0.3, -0.25) is 9.10 Å². The van der Waals surface area contributed by atoms with Crippen molar-refractivity contribution < 1.29 is 22.3 Å². The number of carbonyl (C=O) groups excluding carboxylic acids is 1. The van der Waals surface area contributed by atoms with Gasteiger partial charge in [-0.15, -0.1) is 0 Å².